The number of nitrogen functional groups attached to an aromatic ring is 1. The average Bonchev–Trinajstić information content (AvgIpc) is 2.87. The van der Waals surface area contributed by atoms with E-state index in [4.69, 9.17) is 38.9 Å². The molecule has 0 fully saturated rings. The second kappa shape index (κ2) is 18.7. The summed E-state index contributed by atoms with van der Waals surface area (Å²) in [7, 11) is 0. The lowest BCUT2D eigenvalue weighted by Gasteiger charge is -2.09. The third kappa shape index (κ3) is 13.8. The Kier molecular flexibility index (Phi) is 15.2. The molecule has 0 saturated heterocycles. The number of aldehydes is 1. The Morgan fingerprint density at radius 3 is 1.18 bits per heavy atom. The lowest BCUT2D eigenvalue weighted by molar-refractivity contribution is -0.0141. The van der Waals surface area contributed by atoms with Crippen molar-refractivity contribution in [1.82, 2.24) is 0 Å². The maximum atomic E-state index is 10.6. The van der Waals surface area contributed by atoms with Crippen LogP contribution in [0.2, 0.25) is 0 Å². The van der Waals surface area contributed by atoms with Crippen LogP contribution in [0, 0.1) is 0 Å². The third-order valence-corrected chi connectivity index (χ3v) is 4.38. The van der Waals surface area contributed by atoms with Gasteiger partial charge < -0.3 is 38.9 Å². The van der Waals surface area contributed by atoms with Crippen LogP contribution in [0.5, 0.6) is 11.5 Å². The molecule has 0 unspecified atom stereocenters. The van der Waals surface area contributed by atoms with Crippen LogP contribution < -0.4 is 15.2 Å². The van der Waals surface area contributed by atoms with Crippen molar-refractivity contribution in [3.63, 3.8) is 0 Å². The molecule has 0 spiro atoms. The second-order valence-corrected chi connectivity index (χ2v) is 7.01. The highest BCUT2D eigenvalue weighted by Crippen LogP contribution is 2.12. The highest BCUT2D eigenvalue weighted by Gasteiger charge is 1.97. The molecule has 0 aromatic heterocycles. The molecule has 0 bridgehead atoms. The Balaban J connectivity index is 1.24. The number of anilines is 1. The van der Waals surface area contributed by atoms with Crippen molar-refractivity contribution in [2.24, 2.45) is 0 Å². The summed E-state index contributed by atoms with van der Waals surface area (Å²) in [6, 6.07) is 14.2. The standard InChI is InChI=1S/C25H35NO8/c26-23-3-7-25(8-4-23)34-20-18-32-16-14-30-12-10-28-9-11-29-13-15-31-17-19-33-24-5-1-22(21-27)2-6-24/h1-8,21H,9-20,26H2. The van der Waals surface area contributed by atoms with E-state index in [1.165, 1.54) is 0 Å². The Labute approximate surface area is 201 Å². The molecular formula is C25H35NO8. The second-order valence-electron chi connectivity index (χ2n) is 7.01. The topological polar surface area (TPSA) is 108 Å². The summed E-state index contributed by atoms with van der Waals surface area (Å²) in [6.07, 6.45) is 0.798. The maximum absolute atomic E-state index is 10.6. The Hall–Kier alpha value is -2.69. The average molecular weight is 478 g/mol. The van der Waals surface area contributed by atoms with E-state index >= 15 is 0 Å². The summed E-state index contributed by atoms with van der Waals surface area (Å²) in [5, 5.41) is 0. The smallest absolute Gasteiger partial charge is 0.150 e. The van der Waals surface area contributed by atoms with Gasteiger partial charge in [-0.2, -0.15) is 0 Å². The van der Waals surface area contributed by atoms with Crippen molar-refractivity contribution in [2.75, 3.05) is 85.0 Å². The first-order valence-corrected chi connectivity index (χ1v) is 11.3. The molecule has 0 atom stereocenters. The third-order valence-electron chi connectivity index (χ3n) is 4.38. The largest absolute Gasteiger partial charge is 0.491 e. The van der Waals surface area contributed by atoms with E-state index in [1.807, 2.05) is 12.1 Å². The monoisotopic (exact) mass is 477 g/mol. The molecule has 0 aliphatic heterocycles. The number of ether oxygens (including phenoxy) is 7. The lowest BCUT2D eigenvalue weighted by Crippen LogP contribution is -2.15. The summed E-state index contributed by atoms with van der Waals surface area (Å²) in [5.41, 5.74) is 6.95. The van der Waals surface area contributed by atoms with Gasteiger partial charge in [-0.05, 0) is 48.5 Å². The summed E-state index contributed by atoms with van der Waals surface area (Å²) < 4.78 is 38.3. The molecular weight excluding hydrogens is 442 g/mol. The Morgan fingerprint density at radius 1 is 0.500 bits per heavy atom. The molecule has 0 radical (unpaired) electrons. The molecule has 9 nitrogen and oxygen atoms in total. The van der Waals surface area contributed by atoms with Crippen LogP contribution in [-0.2, 0) is 23.7 Å². The minimum absolute atomic E-state index is 0.436. The van der Waals surface area contributed by atoms with Gasteiger partial charge in [-0.25, -0.2) is 0 Å². The van der Waals surface area contributed by atoms with E-state index < -0.39 is 0 Å². The minimum atomic E-state index is 0.436. The molecule has 2 aromatic rings. The summed E-state index contributed by atoms with van der Waals surface area (Å²) in [5.74, 6) is 1.48. The molecule has 34 heavy (non-hydrogen) atoms. The predicted octanol–water partition coefficient (Wildman–Crippen LogP) is 2.62. The zero-order valence-corrected chi connectivity index (χ0v) is 19.5. The van der Waals surface area contributed by atoms with E-state index in [2.05, 4.69) is 0 Å². The number of rotatable bonds is 21. The fraction of sp³-hybridized carbons (Fsp3) is 0.480. The van der Waals surface area contributed by atoms with Gasteiger partial charge in [-0.15, -0.1) is 0 Å². The van der Waals surface area contributed by atoms with Crippen molar-refractivity contribution < 1.29 is 38.0 Å². The molecule has 188 valence electrons. The van der Waals surface area contributed by atoms with Gasteiger partial charge in [0.1, 0.15) is 31.0 Å². The van der Waals surface area contributed by atoms with E-state index in [0.29, 0.717) is 96.3 Å². The zero-order valence-electron chi connectivity index (χ0n) is 19.5. The van der Waals surface area contributed by atoms with Gasteiger partial charge in [-0.3, -0.25) is 4.79 Å². The van der Waals surface area contributed by atoms with Gasteiger partial charge >= 0.3 is 0 Å². The van der Waals surface area contributed by atoms with E-state index in [-0.39, 0.29) is 0 Å². The van der Waals surface area contributed by atoms with Crippen LogP contribution in [0.15, 0.2) is 48.5 Å². The summed E-state index contributed by atoms with van der Waals surface area (Å²) in [4.78, 5) is 10.6. The molecule has 0 heterocycles. The molecule has 9 heteroatoms. The maximum Gasteiger partial charge on any atom is 0.150 e. The molecule has 2 rings (SSSR count). The molecule has 0 amide bonds. The highest BCUT2D eigenvalue weighted by molar-refractivity contribution is 5.74. The quantitative estimate of drug-likeness (QED) is 0.165. The van der Waals surface area contributed by atoms with Crippen LogP contribution in [-0.4, -0.2) is 85.6 Å². The molecule has 2 aromatic carbocycles. The van der Waals surface area contributed by atoms with Crippen LogP contribution in [0.1, 0.15) is 10.4 Å². The van der Waals surface area contributed by atoms with Gasteiger partial charge in [0.15, 0.2) is 0 Å². The Bertz CT molecular complexity index is 755. The van der Waals surface area contributed by atoms with Gasteiger partial charge in [0.25, 0.3) is 0 Å². The van der Waals surface area contributed by atoms with Crippen LogP contribution >= 0.6 is 0 Å². The zero-order chi connectivity index (χ0) is 24.1. The first kappa shape index (κ1) is 27.6. The molecule has 2 N–H and O–H groups in total. The number of hydrogen-bond acceptors (Lipinski definition) is 9. The van der Waals surface area contributed by atoms with Crippen LogP contribution in [0.25, 0.3) is 0 Å². The Morgan fingerprint density at radius 2 is 0.824 bits per heavy atom. The van der Waals surface area contributed by atoms with Gasteiger partial charge in [-0.1, -0.05) is 0 Å². The number of carbonyl (C=O) groups is 1. The van der Waals surface area contributed by atoms with Crippen molar-refractivity contribution >= 4 is 12.0 Å². The van der Waals surface area contributed by atoms with E-state index in [1.54, 1.807) is 36.4 Å². The van der Waals surface area contributed by atoms with Crippen molar-refractivity contribution in [2.45, 2.75) is 0 Å². The highest BCUT2D eigenvalue weighted by atomic mass is 16.6. The number of hydrogen-bond donors (Lipinski definition) is 1. The van der Waals surface area contributed by atoms with Crippen molar-refractivity contribution in [3.8, 4) is 11.5 Å². The number of benzene rings is 2. The SMILES string of the molecule is Nc1ccc(OCCOCCOCCOCCOCCOCCOc2ccc(C=O)cc2)cc1. The minimum Gasteiger partial charge on any atom is -0.491 e. The van der Waals surface area contributed by atoms with Crippen molar-refractivity contribution in [1.29, 1.82) is 0 Å². The van der Waals surface area contributed by atoms with E-state index in [0.717, 1.165) is 12.0 Å². The first-order valence-electron chi connectivity index (χ1n) is 11.3. The number of nitrogens with two attached hydrogens (primary N) is 1. The van der Waals surface area contributed by atoms with Gasteiger partial charge in [0.05, 0.1) is 66.1 Å². The summed E-state index contributed by atoms with van der Waals surface area (Å²) in [6.45, 7) is 5.88. The van der Waals surface area contributed by atoms with Gasteiger partial charge in [0.2, 0.25) is 0 Å². The molecule has 0 saturated carbocycles. The normalized spacial score (nSPS) is 10.8. The lowest BCUT2D eigenvalue weighted by atomic mass is 10.2. The van der Waals surface area contributed by atoms with E-state index in [9.17, 15) is 4.79 Å². The fourth-order valence-corrected chi connectivity index (χ4v) is 2.63. The predicted molar refractivity (Wildman–Crippen MR) is 128 cm³/mol. The molecule has 0 aliphatic carbocycles. The van der Waals surface area contributed by atoms with Crippen molar-refractivity contribution in [3.05, 3.63) is 54.1 Å². The summed E-state index contributed by atoms with van der Waals surface area (Å²) >= 11 is 0. The van der Waals surface area contributed by atoms with Gasteiger partial charge in [0, 0.05) is 11.3 Å². The van der Waals surface area contributed by atoms with Crippen LogP contribution in [0.4, 0.5) is 5.69 Å². The van der Waals surface area contributed by atoms with Crippen LogP contribution in [0.3, 0.4) is 0 Å². The first-order chi connectivity index (χ1) is 16.8. The molecule has 0 aliphatic rings. The number of carbonyl (C=O) groups excluding carboxylic acids is 1. The fourth-order valence-electron chi connectivity index (χ4n) is 2.63.